The van der Waals surface area contributed by atoms with Gasteiger partial charge in [-0.15, -0.1) is 11.3 Å². The molecule has 0 aliphatic carbocycles. The van der Waals surface area contributed by atoms with E-state index in [9.17, 15) is 27.9 Å². The van der Waals surface area contributed by atoms with Crippen LogP contribution < -0.4 is 0 Å². The summed E-state index contributed by atoms with van der Waals surface area (Å²) in [7, 11) is 0. The van der Waals surface area contributed by atoms with Crippen LogP contribution in [0.3, 0.4) is 0 Å². The zero-order valence-corrected chi connectivity index (χ0v) is 13.8. The highest BCUT2D eigenvalue weighted by Gasteiger charge is 2.32. The maximum Gasteiger partial charge on any atom is 0.416 e. The number of carbonyl (C=O) groups excluding carboxylic acids is 1. The first-order valence-corrected chi connectivity index (χ1v) is 8.04. The number of alkyl halides is 3. The van der Waals surface area contributed by atoms with Crippen molar-refractivity contribution in [2.75, 3.05) is 0 Å². The molecule has 0 amide bonds. The molecule has 1 heterocycles. The molecule has 2 aromatic carbocycles. The highest BCUT2D eigenvalue weighted by atomic mass is 35.5. The SMILES string of the molecule is O=Cc1c(-c2cc(C(F)(F)F)ccc2C(=O)O)sc2ccc(Cl)cc12. The quantitative estimate of drug-likeness (QED) is 0.585. The second kappa shape index (κ2) is 6.16. The van der Waals surface area contributed by atoms with Crippen LogP contribution in [0.15, 0.2) is 36.4 Å². The van der Waals surface area contributed by atoms with E-state index in [0.29, 0.717) is 27.5 Å². The Morgan fingerprint density at radius 3 is 2.48 bits per heavy atom. The number of carboxylic acids is 1. The van der Waals surface area contributed by atoms with Crippen molar-refractivity contribution in [2.45, 2.75) is 6.18 Å². The van der Waals surface area contributed by atoms with E-state index in [1.807, 2.05) is 0 Å². The molecule has 0 bridgehead atoms. The lowest BCUT2D eigenvalue weighted by Crippen LogP contribution is -2.07. The van der Waals surface area contributed by atoms with Gasteiger partial charge in [0.25, 0.3) is 0 Å². The van der Waals surface area contributed by atoms with Gasteiger partial charge >= 0.3 is 12.1 Å². The van der Waals surface area contributed by atoms with Gasteiger partial charge in [-0.1, -0.05) is 11.6 Å². The molecule has 0 spiro atoms. The molecular formula is C17H8ClF3O3S. The number of thiophene rings is 1. The number of rotatable bonds is 3. The number of aldehydes is 1. The first kappa shape index (κ1) is 17.4. The van der Waals surface area contributed by atoms with Crippen LogP contribution in [0.25, 0.3) is 20.5 Å². The van der Waals surface area contributed by atoms with Crippen LogP contribution in [0, 0.1) is 0 Å². The molecule has 0 fully saturated rings. The fraction of sp³-hybridized carbons (Fsp3) is 0.0588. The van der Waals surface area contributed by atoms with Gasteiger partial charge in [0.15, 0.2) is 6.29 Å². The van der Waals surface area contributed by atoms with Gasteiger partial charge in [-0.3, -0.25) is 4.79 Å². The Morgan fingerprint density at radius 2 is 1.88 bits per heavy atom. The molecule has 8 heteroatoms. The number of fused-ring (bicyclic) bond motifs is 1. The Bertz CT molecular complexity index is 1010. The minimum atomic E-state index is -4.63. The number of carboxylic acid groups (broad SMARTS) is 1. The monoisotopic (exact) mass is 384 g/mol. The number of benzene rings is 2. The molecule has 3 aromatic rings. The summed E-state index contributed by atoms with van der Waals surface area (Å²) in [6, 6.07) is 7.09. The molecule has 128 valence electrons. The van der Waals surface area contributed by atoms with Crippen LogP contribution in [0.2, 0.25) is 5.02 Å². The average Bonchev–Trinajstić information content (AvgIpc) is 2.90. The minimum Gasteiger partial charge on any atom is -0.478 e. The summed E-state index contributed by atoms with van der Waals surface area (Å²) >= 11 is 6.96. The molecular weight excluding hydrogens is 377 g/mol. The van der Waals surface area contributed by atoms with Gasteiger partial charge in [-0.05, 0) is 36.4 Å². The summed E-state index contributed by atoms with van der Waals surface area (Å²) in [6.07, 6.45) is -4.14. The normalized spacial score (nSPS) is 11.7. The number of aromatic carboxylic acids is 1. The van der Waals surface area contributed by atoms with Crippen molar-refractivity contribution in [2.24, 2.45) is 0 Å². The number of hydrogen-bond acceptors (Lipinski definition) is 3. The molecule has 3 rings (SSSR count). The van der Waals surface area contributed by atoms with Crippen LogP contribution in [0.5, 0.6) is 0 Å². The lowest BCUT2D eigenvalue weighted by molar-refractivity contribution is -0.137. The van der Waals surface area contributed by atoms with Gasteiger partial charge < -0.3 is 5.11 Å². The van der Waals surface area contributed by atoms with Gasteiger partial charge in [0, 0.05) is 31.1 Å². The van der Waals surface area contributed by atoms with Crippen LogP contribution in [0.1, 0.15) is 26.3 Å². The predicted molar refractivity (Wildman–Crippen MR) is 89.6 cm³/mol. The number of hydrogen-bond donors (Lipinski definition) is 1. The third-order valence-corrected chi connectivity index (χ3v) is 5.08. The zero-order chi connectivity index (χ0) is 18.4. The van der Waals surface area contributed by atoms with E-state index in [0.717, 1.165) is 23.5 Å². The number of halogens is 4. The van der Waals surface area contributed by atoms with E-state index in [2.05, 4.69) is 0 Å². The lowest BCUT2D eigenvalue weighted by atomic mass is 9.99. The molecule has 3 nitrogen and oxygen atoms in total. The summed E-state index contributed by atoms with van der Waals surface area (Å²) in [5.74, 6) is -1.38. The van der Waals surface area contributed by atoms with Crippen molar-refractivity contribution in [3.63, 3.8) is 0 Å². The molecule has 25 heavy (non-hydrogen) atoms. The summed E-state index contributed by atoms with van der Waals surface area (Å²) in [4.78, 5) is 23.1. The molecule has 0 aliphatic heterocycles. The van der Waals surface area contributed by atoms with Crippen molar-refractivity contribution in [1.29, 1.82) is 0 Å². The van der Waals surface area contributed by atoms with Gasteiger partial charge in [0.05, 0.1) is 11.1 Å². The number of carbonyl (C=O) groups is 2. The fourth-order valence-electron chi connectivity index (χ4n) is 2.50. The second-order valence-electron chi connectivity index (χ2n) is 5.17. The van der Waals surface area contributed by atoms with Gasteiger partial charge in [-0.25, -0.2) is 4.79 Å². The Labute approximate surface area is 148 Å². The maximum absolute atomic E-state index is 13.0. The Balaban J connectivity index is 2.36. The molecule has 1 N–H and O–H groups in total. The molecule has 1 aromatic heterocycles. The lowest BCUT2D eigenvalue weighted by Gasteiger charge is -2.11. The molecule has 0 unspecified atom stereocenters. The van der Waals surface area contributed by atoms with Crippen molar-refractivity contribution in [1.82, 2.24) is 0 Å². The van der Waals surface area contributed by atoms with Gasteiger partial charge in [0.1, 0.15) is 0 Å². The van der Waals surface area contributed by atoms with Crippen LogP contribution in [-0.4, -0.2) is 17.4 Å². The van der Waals surface area contributed by atoms with Crippen molar-refractivity contribution >= 4 is 45.3 Å². The largest absolute Gasteiger partial charge is 0.478 e. The Hall–Kier alpha value is -2.38. The smallest absolute Gasteiger partial charge is 0.416 e. The third-order valence-electron chi connectivity index (χ3n) is 3.63. The van der Waals surface area contributed by atoms with E-state index in [4.69, 9.17) is 11.6 Å². The van der Waals surface area contributed by atoms with Crippen LogP contribution in [0.4, 0.5) is 13.2 Å². The highest BCUT2D eigenvalue weighted by Crippen LogP contribution is 2.42. The zero-order valence-electron chi connectivity index (χ0n) is 12.2. The van der Waals surface area contributed by atoms with Gasteiger partial charge in [0.2, 0.25) is 0 Å². The average molecular weight is 385 g/mol. The van der Waals surface area contributed by atoms with Crippen molar-refractivity contribution in [3.8, 4) is 10.4 Å². The maximum atomic E-state index is 13.0. The molecule has 0 atom stereocenters. The van der Waals surface area contributed by atoms with E-state index in [-0.39, 0.29) is 21.6 Å². The first-order chi connectivity index (χ1) is 11.7. The standard InChI is InChI=1S/C17H8ClF3O3S/c18-9-2-4-14-11(6-9)13(7-22)15(25-14)12-5-8(17(19,20)21)1-3-10(12)16(23)24/h1-7H,(H,23,24). The summed E-state index contributed by atoms with van der Waals surface area (Å²) < 4.78 is 39.7. The highest BCUT2D eigenvalue weighted by molar-refractivity contribution is 7.22. The predicted octanol–water partition coefficient (Wildman–Crippen LogP) is 5.75. The topological polar surface area (TPSA) is 54.4 Å². The second-order valence-corrected chi connectivity index (χ2v) is 6.66. The summed E-state index contributed by atoms with van der Waals surface area (Å²) in [5.41, 5.74) is -1.33. The summed E-state index contributed by atoms with van der Waals surface area (Å²) in [5, 5.41) is 10.1. The molecule has 0 saturated carbocycles. The third kappa shape index (κ3) is 3.12. The molecule has 0 saturated heterocycles. The van der Waals surface area contributed by atoms with E-state index >= 15 is 0 Å². The minimum absolute atomic E-state index is 0.115. The summed E-state index contributed by atoms with van der Waals surface area (Å²) in [6.45, 7) is 0. The van der Waals surface area contributed by atoms with Crippen LogP contribution >= 0.6 is 22.9 Å². The fourth-order valence-corrected chi connectivity index (χ4v) is 3.85. The van der Waals surface area contributed by atoms with E-state index in [1.165, 1.54) is 6.07 Å². The van der Waals surface area contributed by atoms with E-state index in [1.54, 1.807) is 12.1 Å². The first-order valence-electron chi connectivity index (χ1n) is 6.84. The van der Waals surface area contributed by atoms with E-state index < -0.39 is 17.7 Å². The van der Waals surface area contributed by atoms with Crippen molar-refractivity contribution in [3.05, 3.63) is 58.1 Å². The molecule has 0 aliphatic rings. The van der Waals surface area contributed by atoms with Crippen molar-refractivity contribution < 1.29 is 27.9 Å². The van der Waals surface area contributed by atoms with Gasteiger partial charge in [-0.2, -0.15) is 13.2 Å². The Morgan fingerprint density at radius 1 is 1.16 bits per heavy atom. The Kier molecular flexibility index (Phi) is 4.30. The molecule has 0 radical (unpaired) electrons. The van der Waals surface area contributed by atoms with Crippen LogP contribution in [-0.2, 0) is 6.18 Å².